The molecule has 1 unspecified atom stereocenters. The first kappa shape index (κ1) is 21.5. The maximum atomic E-state index is 12.9. The summed E-state index contributed by atoms with van der Waals surface area (Å²) in [5, 5.41) is 15.8. The first-order valence-corrected chi connectivity index (χ1v) is 11.2. The monoisotopic (exact) mass is 475 g/mol. The van der Waals surface area contributed by atoms with Crippen molar-refractivity contribution in [3.63, 3.8) is 0 Å². The van der Waals surface area contributed by atoms with Gasteiger partial charge in [0.2, 0.25) is 5.01 Å². The average molecular weight is 476 g/mol. The second-order valence-electron chi connectivity index (χ2n) is 7.17. The Morgan fingerprint density at radius 3 is 2.61 bits per heavy atom. The lowest BCUT2D eigenvalue weighted by atomic mass is 10.2. The van der Waals surface area contributed by atoms with E-state index in [1.54, 1.807) is 41.3 Å². The smallest absolute Gasteiger partial charge is 0.320 e. The average Bonchev–Trinajstić information content (AvgIpc) is 3.41. The van der Waals surface area contributed by atoms with Gasteiger partial charge >= 0.3 is 6.03 Å². The van der Waals surface area contributed by atoms with E-state index in [1.165, 1.54) is 11.3 Å². The van der Waals surface area contributed by atoms with Crippen LogP contribution in [-0.4, -0.2) is 33.6 Å². The molecule has 0 spiro atoms. The number of halogens is 2. The van der Waals surface area contributed by atoms with Crippen molar-refractivity contribution in [2.75, 3.05) is 17.2 Å². The quantitative estimate of drug-likeness (QED) is 0.500. The maximum Gasteiger partial charge on any atom is 0.322 e. The molecule has 0 saturated carbocycles. The molecule has 7 nitrogen and oxygen atoms in total. The van der Waals surface area contributed by atoms with Crippen LogP contribution in [0.4, 0.5) is 16.2 Å². The van der Waals surface area contributed by atoms with Crippen molar-refractivity contribution in [1.82, 2.24) is 15.1 Å². The van der Waals surface area contributed by atoms with Crippen LogP contribution >= 0.6 is 34.5 Å². The number of urea groups is 1. The van der Waals surface area contributed by atoms with Gasteiger partial charge < -0.3 is 15.5 Å². The minimum atomic E-state index is -0.355. The first-order valence-electron chi connectivity index (χ1n) is 9.65. The lowest BCUT2D eigenvalue weighted by Gasteiger charge is -2.23. The number of hydrogen-bond acceptors (Lipinski definition) is 5. The molecule has 160 valence electrons. The summed E-state index contributed by atoms with van der Waals surface area (Å²) < 4.78 is 0. The van der Waals surface area contributed by atoms with Crippen molar-refractivity contribution in [3.8, 4) is 0 Å². The second-order valence-corrected chi connectivity index (χ2v) is 9.02. The van der Waals surface area contributed by atoms with Crippen LogP contribution in [0.3, 0.4) is 0 Å². The Morgan fingerprint density at radius 2 is 1.87 bits per heavy atom. The third kappa shape index (κ3) is 4.98. The van der Waals surface area contributed by atoms with Gasteiger partial charge in [0, 0.05) is 17.3 Å². The third-order valence-electron chi connectivity index (χ3n) is 4.90. The highest BCUT2D eigenvalue weighted by molar-refractivity contribution is 7.13. The summed E-state index contributed by atoms with van der Waals surface area (Å²) in [6, 6.07) is 11.8. The third-order valence-corrected chi connectivity index (χ3v) is 6.49. The molecule has 1 aliphatic rings. The Labute approximate surface area is 193 Å². The summed E-state index contributed by atoms with van der Waals surface area (Å²) >= 11 is 13.3. The minimum absolute atomic E-state index is 0.235. The van der Waals surface area contributed by atoms with E-state index in [9.17, 15) is 9.59 Å². The van der Waals surface area contributed by atoms with E-state index in [0.717, 1.165) is 18.4 Å². The van der Waals surface area contributed by atoms with Crippen molar-refractivity contribution in [2.45, 2.75) is 25.8 Å². The Kier molecular flexibility index (Phi) is 6.41. The first-order chi connectivity index (χ1) is 14.9. The van der Waals surface area contributed by atoms with Crippen molar-refractivity contribution in [1.29, 1.82) is 0 Å². The summed E-state index contributed by atoms with van der Waals surface area (Å²) in [5.74, 6) is -0.355. The van der Waals surface area contributed by atoms with E-state index in [4.69, 9.17) is 23.2 Å². The molecule has 3 aromatic rings. The molecule has 0 aliphatic carbocycles. The normalized spacial score (nSPS) is 15.7. The number of aromatic nitrogens is 2. The maximum absolute atomic E-state index is 12.9. The highest BCUT2D eigenvalue weighted by Crippen LogP contribution is 2.34. The van der Waals surface area contributed by atoms with Gasteiger partial charge in [0.1, 0.15) is 5.01 Å². The second kappa shape index (κ2) is 9.21. The highest BCUT2D eigenvalue weighted by Gasteiger charge is 2.33. The SMILES string of the molecule is Cc1ccc(NC(=O)N2CCCC2c2nnc(C(=O)Nc3ccc(Cl)cc3)s2)c(Cl)c1. The molecule has 10 heteroatoms. The molecule has 1 atom stereocenters. The Balaban J connectivity index is 1.45. The molecule has 4 rings (SSSR count). The highest BCUT2D eigenvalue weighted by atomic mass is 35.5. The van der Waals surface area contributed by atoms with Crippen LogP contribution < -0.4 is 10.6 Å². The number of anilines is 2. The summed E-state index contributed by atoms with van der Waals surface area (Å²) in [5.41, 5.74) is 2.19. The number of nitrogens with zero attached hydrogens (tertiary/aromatic N) is 3. The Morgan fingerprint density at radius 1 is 1.10 bits per heavy atom. The summed E-state index contributed by atoms with van der Waals surface area (Å²) in [6.45, 7) is 2.52. The number of aryl methyl sites for hydroxylation is 1. The van der Waals surface area contributed by atoms with E-state index in [0.29, 0.717) is 33.0 Å². The minimum Gasteiger partial charge on any atom is -0.320 e. The van der Waals surface area contributed by atoms with E-state index in [-0.39, 0.29) is 23.0 Å². The predicted octanol–water partition coefficient (Wildman–Crippen LogP) is 5.77. The lowest BCUT2D eigenvalue weighted by Crippen LogP contribution is -2.34. The van der Waals surface area contributed by atoms with Gasteiger partial charge in [-0.05, 0) is 61.7 Å². The van der Waals surface area contributed by atoms with Gasteiger partial charge in [-0.2, -0.15) is 0 Å². The number of rotatable bonds is 4. The van der Waals surface area contributed by atoms with Crippen LogP contribution in [0.25, 0.3) is 0 Å². The topological polar surface area (TPSA) is 87.2 Å². The molecule has 31 heavy (non-hydrogen) atoms. The van der Waals surface area contributed by atoms with E-state index in [1.807, 2.05) is 13.0 Å². The molecule has 2 aromatic carbocycles. The standard InChI is InChI=1S/C21H19Cl2N5O2S/c1-12-4-9-16(15(23)11-12)25-21(30)28-10-2-3-17(28)19-26-27-20(31-19)18(29)24-14-7-5-13(22)6-8-14/h4-9,11,17H,2-3,10H2,1H3,(H,24,29)(H,25,30). The number of likely N-dealkylation sites (tertiary alicyclic amines) is 1. The number of nitrogens with one attached hydrogen (secondary N) is 2. The zero-order valence-corrected chi connectivity index (χ0v) is 18.9. The molecule has 1 aromatic heterocycles. The van der Waals surface area contributed by atoms with Gasteiger partial charge in [0.25, 0.3) is 5.91 Å². The number of carbonyl (C=O) groups excluding carboxylic acids is 2. The zero-order chi connectivity index (χ0) is 22.0. The van der Waals surface area contributed by atoms with E-state index >= 15 is 0 Å². The number of benzene rings is 2. The molecule has 0 radical (unpaired) electrons. The molecule has 3 amide bonds. The van der Waals surface area contributed by atoms with Crippen LogP contribution in [-0.2, 0) is 0 Å². The largest absolute Gasteiger partial charge is 0.322 e. The van der Waals surface area contributed by atoms with Crippen LogP contribution in [0.2, 0.25) is 10.0 Å². The molecule has 1 saturated heterocycles. The fraction of sp³-hybridized carbons (Fsp3) is 0.238. The Bertz CT molecular complexity index is 1120. The Hall–Kier alpha value is -2.68. The predicted molar refractivity (Wildman–Crippen MR) is 123 cm³/mol. The van der Waals surface area contributed by atoms with Gasteiger partial charge in [-0.3, -0.25) is 4.79 Å². The van der Waals surface area contributed by atoms with Crippen LogP contribution in [0, 0.1) is 6.92 Å². The fourth-order valence-corrected chi connectivity index (χ4v) is 4.65. The summed E-state index contributed by atoms with van der Waals surface area (Å²) in [4.78, 5) is 27.1. The lowest BCUT2D eigenvalue weighted by molar-refractivity contribution is 0.102. The van der Waals surface area contributed by atoms with Crippen LogP contribution in [0.15, 0.2) is 42.5 Å². The summed E-state index contributed by atoms with van der Waals surface area (Å²) in [7, 11) is 0. The molecule has 1 fully saturated rings. The molecule has 1 aliphatic heterocycles. The van der Waals surface area contributed by atoms with Crippen molar-refractivity contribution in [2.24, 2.45) is 0 Å². The van der Waals surface area contributed by atoms with Gasteiger partial charge in [-0.1, -0.05) is 40.6 Å². The van der Waals surface area contributed by atoms with Crippen molar-refractivity contribution < 1.29 is 9.59 Å². The van der Waals surface area contributed by atoms with Crippen molar-refractivity contribution in [3.05, 3.63) is 68.1 Å². The van der Waals surface area contributed by atoms with Crippen LogP contribution in [0.5, 0.6) is 0 Å². The van der Waals surface area contributed by atoms with Gasteiger partial charge in [0.05, 0.1) is 16.8 Å². The van der Waals surface area contributed by atoms with Crippen molar-refractivity contribution >= 4 is 57.9 Å². The van der Waals surface area contributed by atoms with E-state index in [2.05, 4.69) is 20.8 Å². The molecule has 2 heterocycles. The number of amides is 3. The fourth-order valence-electron chi connectivity index (χ4n) is 3.35. The van der Waals surface area contributed by atoms with Gasteiger partial charge in [0.15, 0.2) is 0 Å². The summed E-state index contributed by atoms with van der Waals surface area (Å²) in [6.07, 6.45) is 1.59. The van der Waals surface area contributed by atoms with Crippen LogP contribution in [0.1, 0.15) is 39.3 Å². The van der Waals surface area contributed by atoms with E-state index < -0.39 is 0 Å². The number of carbonyl (C=O) groups is 2. The molecule has 0 bridgehead atoms. The zero-order valence-electron chi connectivity index (χ0n) is 16.6. The molecular formula is C21H19Cl2N5O2S. The molecule has 2 N–H and O–H groups in total. The van der Waals surface area contributed by atoms with Gasteiger partial charge in [-0.25, -0.2) is 4.79 Å². The van der Waals surface area contributed by atoms with Gasteiger partial charge in [-0.15, -0.1) is 10.2 Å². The number of hydrogen-bond donors (Lipinski definition) is 2. The molecular weight excluding hydrogens is 457 g/mol.